The van der Waals surface area contributed by atoms with E-state index in [-0.39, 0.29) is 0 Å². The summed E-state index contributed by atoms with van der Waals surface area (Å²) in [4.78, 5) is 2.34. The van der Waals surface area contributed by atoms with E-state index >= 15 is 0 Å². The Balaban J connectivity index is 1.96. The third kappa shape index (κ3) is 5.32. The highest BCUT2D eigenvalue weighted by atomic mass is 32.1. The lowest BCUT2D eigenvalue weighted by atomic mass is 10.1. The molecule has 0 bridgehead atoms. The Hall–Kier alpha value is -1.91. The molecule has 0 heterocycles. The standard InChI is InChI=1S/C20H27N3S/c1-15(2)23(4)14-18-11-7-6-10-17(18)13-21-20(24)22-19-12-8-5-9-16(19)3/h5-12,15H,13-14H2,1-4H3,(H2,21,22,24). The molecule has 0 amide bonds. The van der Waals surface area contributed by atoms with Crippen LogP contribution in [0, 0.1) is 6.92 Å². The second-order valence-electron chi connectivity index (χ2n) is 6.40. The van der Waals surface area contributed by atoms with Gasteiger partial charge in [-0.05, 0) is 62.8 Å². The van der Waals surface area contributed by atoms with Crippen molar-refractivity contribution < 1.29 is 0 Å². The Kier molecular flexibility index (Phi) is 6.76. The molecule has 0 unspecified atom stereocenters. The predicted octanol–water partition coefficient (Wildman–Crippen LogP) is 4.32. The quantitative estimate of drug-likeness (QED) is 0.765. The van der Waals surface area contributed by atoms with Crippen molar-refractivity contribution >= 4 is 23.0 Å². The van der Waals surface area contributed by atoms with Crippen LogP contribution in [0.2, 0.25) is 0 Å². The van der Waals surface area contributed by atoms with E-state index in [9.17, 15) is 0 Å². The zero-order valence-electron chi connectivity index (χ0n) is 15.0. The summed E-state index contributed by atoms with van der Waals surface area (Å²) >= 11 is 5.43. The summed E-state index contributed by atoms with van der Waals surface area (Å²) in [5.41, 5.74) is 4.84. The average molecular weight is 342 g/mol. The summed E-state index contributed by atoms with van der Waals surface area (Å²) in [6.45, 7) is 8.15. The van der Waals surface area contributed by atoms with E-state index in [0.29, 0.717) is 11.2 Å². The lowest BCUT2D eigenvalue weighted by Crippen LogP contribution is -2.30. The number of nitrogens with one attached hydrogen (secondary N) is 2. The van der Waals surface area contributed by atoms with Gasteiger partial charge < -0.3 is 10.6 Å². The molecule has 0 radical (unpaired) electrons. The van der Waals surface area contributed by atoms with Gasteiger partial charge in [-0.15, -0.1) is 0 Å². The fourth-order valence-corrected chi connectivity index (χ4v) is 2.57. The number of benzene rings is 2. The first-order valence-corrected chi connectivity index (χ1v) is 8.75. The molecule has 2 aromatic carbocycles. The van der Waals surface area contributed by atoms with Crippen molar-refractivity contribution in [2.75, 3.05) is 12.4 Å². The molecule has 24 heavy (non-hydrogen) atoms. The monoisotopic (exact) mass is 341 g/mol. The largest absolute Gasteiger partial charge is 0.358 e. The van der Waals surface area contributed by atoms with Crippen LogP contribution in [0.5, 0.6) is 0 Å². The smallest absolute Gasteiger partial charge is 0.171 e. The fourth-order valence-electron chi connectivity index (χ4n) is 2.39. The molecule has 0 saturated carbocycles. The van der Waals surface area contributed by atoms with E-state index in [1.807, 2.05) is 18.2 Å². The van der Waals surface area contributed by atoms with Gasteiger partial charge in [0, 0.05) is 24.8 Å². The number of thiocarbonyl (C=S) groups is 1. The van der Waals surface area contributed by atoms with Gasteiger partial charge in [-0.2, -0.15) is 0 Å². The molecule has 4 heteroatoms. The molecule has 0 aliphatic heterocycles. The summed E-state index contributed by atoms with van der Waals surface area (Å²) < 4.78 is 0. The van der Waals surface area contributed by atoms with Crippen LogP contribution in [-0.2, 0) is 13.1 Å². The predicted molar refractivity (Wildman–Crippen MR) is 107 cm³/mol. The maximum Gasteiger partial charge on any atom is 0.171 e. The zero-order valence-corrected chi connectivity index (χ0v) is 15.8. The van der Waals surface area contributed by atoms with E-state index in [1.54, 1.807) is 0 Å². The Morgan fingerprint density at radius 2 is 1.67 bits per heavy atom. The number of hydrogen-bond donors (Lipinski definition) is 2. The minimum Gasteiger partial charge on any atom is -0.358 e. The van der Waals surface area contributed by atoms with Crippen molar-refractivity contribution in [3.63, 3.8) is 0 Å². The number of nitrogens with zero attached hydrogens (tertiary/aromatic N) is 1. The van der Waals surface area contributed by atoms with Gasteiger partial charge in [0.15, 0.2) is 5.11 Å². The SMILES string of the molecule is Cc1ccccc1NC(=S)NCc1ccccc1CN(C)C(C)C. The van der Waals surface area contributed by atoms with Gasteiger partial charge in [0.1, 0.15) is 0 Å². The summed E-state index contributed by atoms with van der Waals surface area (Å²) in [6.07, 6.45) is 0. The number of aryl methyl sites for hydroxylation is 1. The maximum atomic E-state index is 5.43. The first-order chi connectivity index (χ1) is 11.5. The van der Waals surface area contributed by atoms with Gasteiger partial charge in [0.25, 0.3) is 0 Å². The van der Waals surface area contributed by atoms with Gasteiger partial charge in [-0.1, -0.05) is 42.5 Å². The average Bonchev–Trinajstić information content (AvgIpc) is 2.56. The van der Waals surface area contributed by atoms with Crippen LogP contribution < -0.4 is 10.6 Å². The van der Waals surface area contributed by atoms with Crippen molar-refractivity contribution in [3.8, 4) is 0 Å². The van der Waals surface area contributed by atoms with E-state index in [1.165, 1.54) is 16.7 Å². The highest BCUT2D eigenvalue weighted by Crippen LogP contribution is 2.14. The highest BCUT2D eigenvalue weighted by molar-refractivity contribution is 7.80. The summed E-state index contributed by atoms with van der Waals surface area (Å²) in [7, 11) is 2.15. The van der Waals surface area contributed by atoms with Gasteiger partial charge in [-0.25, -0.2) is 0 Å². The first-order valence-electron chi connectivity index (χ1n) is 8.35. The molecule has 128 valence electrons. The number of rotatable bonds is 6. The van der Waals surface area contributed by atoms with Gasteiger partial charge >= 0.3 is 0 Å². The number of para-hydroxylation sites is 1. The molecule has 0 atom stereocenters. The fraction of sp³-hybridized carbons (Fsp3) is 0.350. The Morgan fingerprint density at radius 1 is 1.04 bits per heavy atom. The molecular formula is C20H27N3S. The number of hydrogen-bond acceptors (Lipinski definition) is 2. The topological polar surface area (TPSA) is 27.3 Å². The van der Waals surface area contributed by atoms with Gasteiger partial charge in [0.2, 0.25) is 0 Å². The van der Waals surface area contributed by atoms with Gasteiger partial charge in [0.05, 0.1) is 0 Å². The molecular weight excluding hydrogens is 314 g/mol. The number of anilines is 1. The third-order valence-electron chi connectivity index (χ3n) is 4.25. The van der Waals surface area contributed by atoms with E-state index in [0.717, 1.165) is 18.8 Å². The Labute approximate surface area is 151 Å². The lowest BCUT2D eigenvalue weighted by Gasteiger charge is -2.23. The van der Waals surface area contributed by atoms with Gasteiger partial charge in [-0.3, -0.25) is 4.90 Å². The van der Waals surface area contributed by atoms with Crippen LogP contribution in [0.1, 0.15) is 30.5 Å². The van der Waals surface area contributed by atoms with Crippen LogP contribution in [0.3, 0.4) is 0 Å². The zero-order chi connectivity index (χ0) is 17.5. The van der Waals surface area contributed by atoms with Crippen molar-refractivity contribution in [1.82, 2.24) is 10.2 Å². The Bertz CT molecular complexity index is 682. The normalized spacial score (nSPS) is 10.9. The van der Waals surface area contributed by atoms with Crippen LogP contribution in [0.4, 0.5) is 5.69 Å². The second-order valence-corrected chi connectivity index (χ2v) is 6.81. The van der Waals surface area contributed by atoms with Crippen molar-refractivity contribution in [3.05, 3.63) is 65.2 Å². The van der Waals surface area contributed by atoms with E-state index < -0.39 is 0 Å². The van der Waals surface area contributed by atoms with Crippen molar-refractivity contribution in [2.24, 2.45) is 0 Å². The molecule has 0 aliphatic carbocycles. The maximum absolute atomic E-state index is 5.43. The van der Waals surface area contributed by atoms with Crippen LogP contribution in [-0.4, -0.2) is 23.1 Å². The Morgan fingerprint density at radius 3 is 2.33 bits per heavy atom. The van der Waals surface area contributed by atoms with E-state index in [4.69, 9.17) is 12.2 Å². The summed E-state index contributed by atoms with van der Waals surface area (Å²) in [6, 6.07) is 17.2. The highest BCUT2D eigenvalue weighted by Gasteiger charge is 2.08. The molecule has 0 fully saturated rings. The lowest BCUT2D eigenvalue weighted by molar-refractivity contribution is 0.265. The molecule has 0 saturated heterocycles. The van der Waals surface area contributed by atoms with Crippen molar-refractivity contribution in [2.45, 2.75) is 39.9 Å². The summed E-state index contributed by atoms with van der Waals surface area (Å²) in [5, 5.41) is 7.24. The van der Waals surface area contributed by atoms with Crippen LogP contribution in [0.25, 0.3) is 0 Å². The molecule has 2 rings (SSSR count). The molecule has 0 aliphatic rings. The second kappa shape index (κ2) is 8.81. The minimum absolute atomic E-state index is 0.523. The van der Waals surface area contributed by atoms with Crippen LogP contribution in [0.15, 0.2) is 48.5 Å². The summed E-state index contributed by atoms with van der Waals surface area (Å²) in [5.74, 6) is 0. The minimum atomic E-state index is 0.523. The molecule has 3 nitrogen and oxygen atoms in total. The molecule has 2 aromatic rings. The van der Waals surface area contributed by atoms with Crippen molar-refractivity contribution in [1.29, 1.82) is 0 Å². The first kappa shape index (κ1) is 18.4. The molecule has 0 aromatic heterocycles. The molecule has 2 N–H and O–H groups in total. The van der Waals surface area contributed by atoms with Crippen LogP contribution >= 0.6 is 12.2 Å². The molecule has 0 spiro atoms. The van der Waals surface area contributed by atoms with E-state index in [2.05, 4.69) is 73.7 Å². The third-order valence-corrected chi connectivity index (χ3v) is 4.50.